The molecule has 1 aliphatic rings. The summed E-state index contributed by atoms with van der Waals surface area (Å²) in [5.41, 5.74) is 1.55. The highest BCUT2D eigenvalue weighted by Crippen LogP contribution is 2.25. The molecule has 1 fully saturated rings. The molecule has 3 rings (SSSR count). The van der Waals surface area contributed by atoms with Gasteiger partial charge in [-0.15, -0.1) is 0 Å². The van der Waals surface area contributed by atoms with E-state index in [2.05, 4.69) is 10.6 Å². The summed E-state index contributed by atoms with van der Waals surface area (Å²) in [4.78, 5) is 41.0. The van der Waals surface area contributed by atoms with Crippen molar-refractivity contribution >= 4 is 17.7 Å². The molecule has 1 unspecified atom stereocenters. The quantitative estimate of drug-likeness (QED) is 0.369. The lowest BCUT2D eigenvalue weighted by Gasteiger charge is -2.32. The molecule has 218 valence electrons. The fraction of sp³-hybridized carbons (Fsp3) is 0.483. The average Bonchev–Trinajstić information content (AvgIpc) is 3.41. The van der Waals surface area contributed by atoms with Gasteiger partial charge in [-0.25, -0.2) is 0 Å². The lowest BCUT2D eigenvalue weighted by molar-refractivity contribution is -0.185. The molecule has 1 heterocycles. The fourth-order valence-corrected chi connectivity index (χ4v) is 4.83. The van der Waals surface area contributed by atoms with Gasteiger partial charge < -0.3 is 25.5 Å². The predicted molar refractivity (Wildman–Crippen MR) is 144 cm³/mol. The van der Waals surface area contributed by atoms with Crippen LogP contribution in [0.4, 0.5) is 13.2 Å². The van der Waals surface area contributed by atoms with Crippen molar-refractivity contribution in [1.29, 1.82) is 0 Å². The zero-order valence-corrected chi connectivity index (χ0v) is 22.8. The molecule has 40 heavy (non-hydrogen) atoms. The van der Waals surface area contributed by atoms with Crippen LogP contribution in [-0.4, -0.2) is 83.6 Å². The molecule has 11 heteroatoms. The minimum absolute atomic E-state index is 0.0734. The van der Waals surface area contributed by atoms with Gasteiger partial charge in [0.1, 0.15) is 11.8 Å². The molecule has 3 N–H and O–H groups in total. The number of aromatic hydroxyl groups is 1. The number of phenolic OH excluding ortho intramolecular Hbond substituents is 1. The number of alkyl halides is 3. The molecular formula is C29H37F3N4O4. The monoisotopic (exact) mass is 562 g/mol. The highest BCUT2D eigenvalue weighted by atomic mass is 19.4. The van der Waals surface area contributed by atoms with E-state index in [1.807, 2.05) is 6.07 Å². The second kappa shape index (κ2) is 14.2. The summed E-state index contributed by atoms with van der Waals surface area (Å²) >= 11 is 0. The lowest BCUT2D eigenvalue weighted by Crippen LogP contribution is -2.54. The molecule has 3 atom stereocenters. The molecule has 0 radical (unpaired) electrons. The van der Waals surface area contributed by atoms with E-state index in [4.69, 9.17) is 0 Å². The minimum Gasteiger partial charge on any atom is -0.508 e. The van der Waals surface area contributed by atoms with E-state index < -0.39 is 24.2 Å². The van der Waals surface area contributed by atoms with Crippen LogP contribution in [0.3, 0.4) is 0 Å². The van der Waals surface area contributed by atoms with Crippen LogP contribution >= 0.6 is 0 Å². The maximum Gasteiger partial charge on any atom is 0.471 e. The van der Waals surface area contributed by atoms with Gasteiger partial charge >= 0.3 is 12.1 Å². The van der Waals surface area contributed by atoms with Gasteiger partial charge in [0.15, 0.2) is 0 Å². The molecule has 0 saturated carbocycles. The number of halogens is 3. The van der Waals surface area contributed by atoms with Crippen molar-refractivity contribution in [1.82, 2.24) is 20.4 Å². The van der Waals surface area contributed by atoms with Crippen molar-refractivity contribution in [3.8, 4) is 5.75 Å². The Hall–Kier alpha value is -3.60. The molecule has 8 nitrogen and oxygen atoms in total. The Morgan fingerprint density at radius 2 is 1.73 bits per heavy atom. The third kappa shape index (κ3) is 8.70. The summed E-state index contributed by atoms with van der Waals surface area (Å²) in [5.74, 6) is -2.51. The van der Waals surface area contributed by atoms with Crippen LogP contribution in [0.1, 0.15) is 37.3 Å². The lowest BCUT2D eigenvalue weighted by atomic mass is 10.0. The summed E-state index contributed by atoms with van der Waals surface area (Å²) in [7, 11) is 1.63. The topological polar surface area (TPSA) is 102 Å². The number of hydrogen-bond acceptors (Lipinski definition) is 5. The van der Waals surface area contributed by atoms with Crippen LogP contribution in [0.5, 0.6) is 5.75 Å². The molecule has 0 aromatic heterocycles. The first-order chi connectivity index (χ1) is 19.0. The van der Waals surface area contributed by atoms with Crippen LogP contribution in [0.15, 0.2) is 54.6 Å². The smallest absolute Gasteiger partial charge is 0.471 e. The second-order valence-corrected chi connectivity index (χ2v) is 10.1. The molecule has 0 bridgehead atoms. The molecule has 1 aliphatic heterocycles. The number of phenols is 1. The van der Waals surface area contributed by atoms with Gasteiger partial charge in [0.2, 0.25) is 11.8 Å². The second-order valence-electron chi connectivity index (χ2n) is 10.1. The summed E-state index contributed by atoms with van der Waals surface area (Å²) in [5, 5.41) is 15.2. The van der Waals surface area contributed by atoms with Crippen LogP contribution in [0.2, 0.25) is 0 Å². The zero-order chi connectivity index (χ0) is 29.3. The number of likely N-dealkylation sites (tertiary alicyclic amines) is 1. The third-order valence-electron chi connectivity index (χ3n) is 7.25. The number of carbonyl (C=O) groups is 3. The number of amides is 3. The Balaban J connectivity index is 1.72. The normalized spacial score (nSPS) is 16.8. The van der Waals surface area contributed by atoms with Gasteiger partial charge in [-0.2, -0.15) is 13.2 Å². The molecule has 1 saturated heterocycles. The van der Waals surface area contributed by atoms with E-state index in [1.54, 1.807) is 55.3 Å². The Kier molecular flexibility index (Phi) is 10.9. The van der Waals surface area contributed by atoms with E-state index in [0.29, 0.717) is 19.4 Å². The van der Waals surface area contributed by atoms with E-state index >= 15 is 0 Å². The number of hydrogen-bond donors (Lipinski definition) is 3. The molecule has 3 amide bonds. The first kappa shape index (κ1) is 30.9. The van der Waals surface area contributed by atoms with Gasteiger partial charge in [0.25, 0.3) is 0 Å². The van der Waals surface area contributed by atoms with Crippen molar-refractivity contribution in [2.75, 3.05) is 26.7 Å². The Labute approximate surface area is 232 Å². The van der Waals surface area contributed by atoms with Crippen molar-refractivity contribution in [3.63, 3.8) is 0 Å². The third-order valence-corrected chi connectivity index (χ3v) is 7.25. The Bertz CT molecular complexity index is 1130. The molecule has 0 spiro atoms. The largest absolute Gasteiger partial charge is 0.508 e. The summed E-state index contributed by atoms with van der Waals surface area (Å²) in [6, 6.07) is 13.5. The van der Waals surface area contributed by atoms with Crippen LogP contribution < -0.4 is 10.6 Å². The van der Waals surface area contributed by atoms with Crippen LogP contribution in [-0.2, 0) is 27.2 Å². The zero-order valence-electron chi connectivity index (χ0n) is 22.8. The highest BCUT2D eigenvalue weighted by molar-refractivity contribution is 5.90. The van der Waals surface area contributed by atoms with Gasteiger partial charge in [-0.05, 0) is 62.9 Å². The number of nitrogens with one attached hydrogen (secondary N) is 2. The Morgan fingerprint density at radius 1 is 1.05 bits per heavy atom. The number of carbonyl (C=O) groups excluding carboxylic acids is 3. The van der Waals surface area contributed by atoms with Crippen LogP contribution in [0, 0.1) is 0 Å². The maximum atomic E-state index is 13.7. The van der Waals surface area contributed by atoms with Gasteiger partial charge in [-0.3, -0.25) is 14.4 Å². The van der Waals surface area contributed by atoms with Gasteiger partial charge in [0.05, 0.1) is 6.04 Å². The number of likely N-dealkylation sites (N-methyl/N-ethyl adjacent to an activating group) is 1. The summed E-state index contributed by atoms with van der Waals surface area (Å²) in [6.07, 6.45) is -3.09. The number of benzene rings is 2. The standard InChI is InChI=1S/C29H37F3N4O4/c1-20(33-2)26(38)34-25(19-22-10-12-24(37)13-11-22)27(39)36-16-6-9-23(36)15-18-35(28(40)29(30,31)32)17-14-21-7-4-3-5-8-21/h3-5,7-8,10-13,20,23,25,33,37H,6,9,14-19H2,1-2H3,(H,34,38)/t20-,23-,25?/m0/s1. The van der Waals surface area contributed by atoms with Gasteiger partial charge in [0, 0.05) is 32.1 Å². The first-order valence-electron chi connectivity index (χ1n) is 13.5. The maximum absolute atomic E-state index is 13.7. The van der Waals surface area contributed by atoms with E-state index in [1.165, 1.54) is 12.1 Å². The Morgan fingerprint density at radius 3 is 2.35 bits per heavy atom. The van der Waals surface area contributed by atoms with Crippen molar-refractivity contribution in [2.24, 2.45) is 0 Å². The van der Waals surface area contributed by atoms with Crippen LogP contribution in [0.25, 0.3) is 0 Å². The molecular weight excluding hydrogens is 525 g/mol. The van der Waals surface area contributed by atoms with E-state index in [-0.39, 0.29) is 56.0 Å². The molecule has 2 aromatic carbocycles. The summed E-state index contributed by atoms with van der Waals surface area (Å²) in [6.45, 7) is 1.83. The van der Waals surface area contributed by atoms with Crippen molar-refractivity contribution in [2.45, 2.75) is 63.3 Å². The highest BCUT2D eigenvalue weighted by Gasteiger charge is 2.43. The van der Waals surface area contributed by atoms with E-state index in [0.717, 1.165) is 16.0 Å². The average molecular weight is 563 g/mol. The first-order valence-corrected chi connectivity index (χ1v) is 13.5. The van der Waals surface area contributed by atoms with Crippen molar-refractivity contribution < 1.29 is 32.7 Å². The molecule has 0 aliphatic carbocycles. The number of nitrogens with zero attached hydrogens (tertiary/aromatic N) is 2. The minimum atomic E-state index is -4.99. The summed E-state index contributed by atoms with van der Waals surface area (Å²) < 4.78 is 40.1. The SMILES string of the molecule is CN[C@@H](C)C(=O)NC(Cc1ccc(O)cc1)C(=O)N1CCC[C@H]1CCN(CCc1ccccc1)C(=O)C(F)(F)F. The predicted octanol–water partition coefficient (Wildman–Crippen LogP) is 3.04. The molecule has 2 aromatic rings. The van der Waals surface area contributed by atoms with E-state index in [9.17, 15) is 32.7 Å². The van der Waals surface area contributed by atoms with Crippen molar-refractivity contribution in [3.05, 3.63) is 65.7 Å². The fourth-order valence-electron chi connectivity index (χ4n) is 4.83. The number of rotatable bonds is 12. The van der Waals surface area contributed by atoms with Gasteiger partial charge in [-0.1, -0.05) is 42.5 Å².